The molecule has 0 aliphatic carbocycles. The lowest BCUT2D eigenvalue weighted by Crippen LogP contribution is -2.70. The lowest BCUT2D eigenvalue weighted by molar-refractivity contribution is -0.172. The molecule has 3 aliphatic heterocycles. The normalized spacial score (nSPS) is 23.4. The van der Waals surface area contributed by atoms with Crippen molar-refractivity contribution >= 4 is 29.7 Å². The van der Waals surface area contributed by atoms with E-state index < -0.39 is 35.7 Å². The zero-order valence-electron chi connectivity index (χ0n) is 12.6. The molecule has 0 radical (unpaired) electrons. The predicted octanol–water partition coefficient (Wildman–Crippen LogP) is -0.698. The van der Waals surface area contributed by atoms with Gasteiger partial charge in [-0.25, -0.2) is 9.80 Å². The minimum Gasteiger partial charge on any atom is -0.316 e. The number of hydrazine groups is 1. The Kier molecular flexibility index (Phi) is 2.77. The van der Waals surface area contributed by atoms with Gasteiger partial charge in [-0.2, -0.15) is 5.01 Å². The topological polar surface area (TPSA) is 98.3 Å². The number of hydrogen-bond acceptors (Lipinski definition) is 5. The average molecular weight is 328 g/mol. The van der Waals surface area contributed by atoms with E-state index in [9.17, 15) is 24.0 Å². The Morgan fingerprint density at radius 1 is 0.958 bits per heavy atom. The van der Waals surface area contributed by atoms with Gasteiger partial charge in [0, 0.05) is 7.05 Å². The van der Waals surface area contributed by atoms with Crippen LogP contribution in [0.2, 0.25) is 0 Å². The van der Waals surface area contributed by atoms with E-state index in [2.05, 4.69) is 0 Å². The number of nitrogens with zero attached hydrogens (tertiary/aromatic N) is 4. The molecule has 122 valence electrons. The van der Waals surface area contributed by atoms with Crippen LogP contribution in [0, 0.1) is 0 Å². The van der Waals surface area contributed by atoms with Crippen molar-refractivity contribution in [3.05, 3.63) is 35.4 Å². The van der Waals surface area contributed by atoms with Crippen molar-refractivity contribution in [1.82, 2.24) is 19.8 Å². The van der Waals surface area contributed by atoms with Crippen LogP contribution in [0.15, 0.2) is 24.3 Å². The molecule has 24 heavy (non-hydrogen) atoms. The number of carbonyl (C=O) groups is 5. The van der Waals surface area contributed by atoms with Gasteiger partial charge in [-0.3, -0.25) is 24.1 Å². The molecular formula is C15H12N4O5. The first-order valence-corrected chi connectivity index (χ1v) is 7.28. The van der Waals surface area contributed by atoms with Gasteiger partial charge in [-0.05, 0) is 12.1 Å². The van der Waals surface area contributed by atoms with E-state index in [-0.39, 0.29) is 24.2 Å². The van der Waals surface area contributed by atoms with E-state index in [1.807, 2.05) is 0 Å². The number of likely N-dealkylation sites (N-methyl/N-ethyl adjacent to an activating group) is 1. The SMILES string of the molecule is CN1CC(=O)N(N2CC(N3C(=O)c4ccccc4C3=O)C2=O)C1=O. The first-order valence-electron chi connectivity index (χ1n) is 7.28. The quantitative estimate of drug-likeness (QED) is 0.406. The fourth-order valence-electron chi connectivity index (χ4n) is 3.10. The van der Waals surface area contributed by atoms with E-state index >= 15 is 0 Å². The number of hydrogen-bond donors (Lipinski definition) is 0. The Morgan fingerprint density at radius 2 is 1.54 bits per heavy atom. The molecule has 1 unspecified atom stereocenters. The number of imide groups is 2. The maximum absolute atomic E-state index is 12.4. The van der Waals surface area contributed by atoms with Gasteiger partial charge in [0.1, 0.15) is 12.6 Å². The molecule has 9 nitrogen and oxygen atoms in total. The summed E-state index contributed by atoms with van der Waals surface area (Å²) in [5.74, 6) is -2.22. The summed E-state index contributed by atoms with van der Waals surface area (Å²) in [7, 11) is 1.45. The maximum atomic E-state index is 12.4. The van der Waals surface area contributed by atoms with Crippen LogP contribution in [0.25, 0.3) is 0 Å². The van der Waals surface area contributed by atoms with Crippen LogP contribution in [0.3, 0.4) is 0 Å². The van der Waals surface area contributed by atoms with E-state index in [1.54, 1.807) is 12.1 Å². The van der Waals surface area contributed by atoms with Crippen molar-refractivity contribution < 1.29 is 24.0 Å². The van der Waals surface area contributed by atoms with Crippen LogP contribution in [0.4, 0.5) is 4.79 Å². The number of carbonyl (C=O) groups excluding carboxylic acids is 5. The third-order valence-electron chi connectivity index (χ3n) is 4.38. The number of rotatable bonds is 2. The second-order valence-electron chi connectivity index (χ2n) is 5.81. The lowest BCUT2D eigenvalue weighted by atomic mass is 10.1. The lowest BCUT2D eigenvalue weighted by Gasteiger charge is -2.44. The maximum Gasteiger partial charge on any atom is 0.346 e. The van der Waals surface area contributed by atoms with Crippen LogP contribution in [-0.2, 0) is 9.59 Å². The fourth-order valence-corrected chi connectivity index (χ4v) is 3.10. The molecule has 3 heterocycles. The molecule has 0 saturated carbocycles. The average Bonchev–Trinajstić information content (AvgIpc) is 2.96. The molecule has 0 N–H and O–H groups in total. The first-order chi connectivity index (χ1) is 11.4. The van der Waals surface area contributed by atoms with Crippen LogP contribution < -0.4 is 0 Å². The molecular weight excluding hydrogens is 316 g/mol. The van der Waals surface area contributed by atoms with Crippen LogP contribution >= 0.6 is 0 Å². The molecule has 1 aromatic carbocycles. The highest BCUT2D eigenvalue weighted by atomic mass is 16.2. The van der Waals surface area contributed by atoms with Crippen molar-refractivity contribution in [1.29, 1.82) is 0 Å². The molecule has 4 rings (SSSR count). The van der Waals surface area contributed by atoms with Crippen molar-refractivity contribution in [3.8, 4) is 0 Å². The molecule has 2 saturated heterocycles. The minimum absolute atomic E-state index is 0.0738. The molecule has 0 bridgehead atoms. The van der Waals surface area contributed by atoms with E-state index in [4.69, 9.17) is 0 Å². The van der Waals surface area contributed by atoms with E-state index in [1.165, 1.54) is 24.1 Å². The summed E-state index contributed by atoms with van der Waals surface area (Å²) in [6.07, 6.45) is 0. The van der Waals surface area contributed by atoms with Gasteiger partial charge in [0.05, 0.1) is 17.7 Å². The Hall–Kier alpha value is -3.23. The number of benzene rings is 1. The van der Waals surface area contributed by atoms with Crippen molar-refractivity contribution in [2.75, 3.05) is 20.1 Å². The van der Waals surface area contributed by atoms with Crippen LogP contribution in [0.5, 0.6) is 0 Å². The third-order valence-corrected chi connectivity index (χ3v) is 4.38. The predicted molar refractivity (Wildman–Crippen MR) is 77.3 cm³/mol. The molecule has 3 aliphatic rings. The minimum atomic E-state index is -0.996. The van der Waals surface area contributed by atoms with Gasteiger partial charge in [0.25, 0.3) is 23.6 Å². The van der Waals surface area contributed by atoms with Gasteiger partial charge < -0.3 is 4.90 Å². The van der Waals surface area contributed by atoms with Crippen LogP contribution in [0.1, 0.15) is 20.7 Å². The zero-order valence-corrected chi connectivity index (χ0v) is 12.6. The molecule has 6 amide bonds. The zero-order chi connectivity index (χ0) is 17.2. The standard InChI is InChI=1S/C15H12N4O5/c1-16-7-11(20)19(15(16)24)17-6-10(14(17)23)18-12(21)8-4-2-3-5-9(8)13(18)22/h2-5,10H,6-7H2,1H3. The largest absolute Gasteiger partial charge is 0.346 e. The fraction of sp³-hybridized carbons (Fsp3) is 0.267. The smallest absolute Gasteiger partial charge is 0.316 e. The van der Waals surface area contributed by atoms with Gasteiger partial charge in [-0.1, -0.05) is 12.1 Å². The monoisotopic (exact) mass is 328 g/mol. The second kappa shape index (κ2) is 4.63. The third kappa shape index (κ3) is 1.66. The van der Waals surface area contributed by atoms with Gasteiger partial charge in [-0.15, -0.1) is 0 Å². The second-order valence-corrected chi connectivity index (χ2v) is 5.81. The van der Waals surface area contributed by atoms with Gasteiger partial charge >= 0.3 is 6.03 Å². The number of β-lactam (4-membered cyclic amide) rings is 1. The summed E-state index contributed by atoms with van der Waals surface area (Å²) in [6.45, 7) is -0.185. The highest BCUT2D eigenvalue weighted by molar-refractivity contribution is 6.23. The Labute approximate surface area is 136 Å². The van der Waals surface area contributed by atoms with Crippen LogP contribution in [-0.4, -0.2) is 75.7 Å². The number of fused-ring (bicyclic) bond motifs is 1. The Morgan fingerprint density at radius 3 is 2.00 bits per heavy atom. The first kappa shape index (κ1) is 14.4. The molecule has 1 aromatic rings. The summed E-state index contributed by atoms with van der Waals surface area (Å²) in [4.78, 5) is 63.0. The summed E-state index contributed by atoms with van der Waals surface area (Å²) in [5.41, 5.74) is 0.503. The van der Waals surface area contributed by atoms with Crippen molar-refractivity contribution in [3.63, 3.8) is 0 Å². The molecule has 0 aromatic heterocycles. The molecule has 0 spiro atoms. The Bertz CT molecular complexity index is 800. The van der Waals surface area contributed by atoms with Gasteiger partial charge in [0.15, 0.2) is 0 Å². The molecule has 1 atom stereocenters. The summed E-state index contributed by atoms with van der Waals surface area (Å²) < 4.78 is 0. The van der Waals surface area contributed by atoms with Gasteiger partial charge in [0.2, 0.25) is 0 Å². The van der Waals surface area contributed by atoms with E-state index in [0.29, 0.717) is 0 Å². The van der Waals surface area contributed by atoms with E-state index in [0.717, 1.165) is 14.9 Å². The number of amides is 6. The van der Waals surface area contributed by atoms with Crippen molar-refractivity contribution in [2.45, 2.75) is 6.04 Å². The highest BCUT2D eigenvalue weighted by Crippen LogP contribution is 2.30. The number of urea groups is 1. The summed E-state index contributed by atoms with van der Waals surface area (Å²) in [6, 6.07) is 4.73. The van der Waals surface area contributed by atoms with Crippen molar-refractivity contribution in [2.24, 2.45) is 0 Å². The Balaban J connectivity index is 1.56. The molecule has 2 fully saturated rings. The molecule has 9 heteroatoms. The summed E-state index contributed by atoms with van der Waals surface area (Å²) in [5, 5.41) is 1.74. The highest BCUT2D eigenvalue weighted by Gasteiger charge is 2.54. The summed E-state index contributed by atoms with van der Waals surface area (Å²) >= 11 is 0.